The Morgan fingerprint density at radius 3 is 2.69 bits per heavy atom. The van der Waals surface area contributed by atoms with Gasteiger partial charge in [-0.05, 0) is 39.7 Å². The fourth-order valence-corrected chi connectivity index (χ4v) is 4.64. The lowest BCUT2D eigenvalue weighted by molar-refractivity contribution is 0.00715. The Bertz CT molecular complexity index is 1020. The molecule has 2 aliphatic rings. The third kappa shape index (κ3) is 3.02. The van der Waals surface area contributed by atoms with Gasteiger partial charge in [-0.3, -0.25) is 0 Å². The van der Waals surface area contributed by atoms with Gasteiger partial charge in [0.1, 0.15) is 16.9 Å². The van der Waals surface area contributed by atoms with Gasteiger partial charge in [-0.1, -0.05) is 0 Å². The second kappa shape index (κ2) is 5.71. The highest BCUT2D eigenvalue weighted by molar-refractivity contribution is 8.13. The number of fused-ring (bicyclic) bond motifs is 6. The van der Waals surface area contributed by atoms with Crippen molar-refractivity contribution in [3.63, 3.8) is 0 Å². The summed E-state index contributed by atoms with van der Waals surface area (Å²) in [6.07, 6.45) is 2.72. The van der Waals surface area contributed by atoms with E-state index in [0.717, 1.165) is 30.6 Å². The largest absolute Gasteiger partial charge is 0.461 e. The number of hydrogen-bond donors (Lipinski definition) is 1. The zero-order valence-electron chi connectivity index (χ0n) is 14.8. The first kappa shape index (κ1) is 17.8. The lowest BCUT2D eigenvalue weighted by atomic mass is 9.96. The molecule has 8 heteroatoms. The third-order valence-electron chi connectivity index (χ3n) is 4.80. The molecule has 2 bridgehead atoms. The van der Waals surface area contributed by atoms with E-state index < -0.39 is 20.6 Å². The molecule has 2 aliphatic heterocycles. The van der Waals surface area contributed by atoms with Crippen LogP contribution in [0.3, 0.4) is 0 Å². The van der Waals surface area contributed by atoms with E-state index in [0.29, 0.717) is 17.0 Å². The average molecular weight is 398 g/mol. The highest BCUT2D eigenvalue weighted by Crippen LogP contribution is 2.44. The van der Waals surface area contributed by atoms with Crippen molar-refractivity contribution >= 4 is 36.7 Å². The molecular weight excluding hydrogens is 378 g/mol. The number of benzene rings is 1. The zero-order valence-corrected chi connectivity index (χ0v) is 16.3. The average Bonchev–Trinajstić information content (AvgIpc) is 3.05. The molecule has 0 aliphatic carbocycles. The van der Waals surface area contributed by atoms with Gasteiger partial charge in [0.15, 0.2) is 0 Å². The molecule has 1 N–H and O–H groups in total. The summed E-state index contributed by atoms with van der Waals surface area (Å²) < 4.78 is 35.2. The van der Waals surface area contributed by atoms with Crippen molar-refractivity contribution in [1.82, 2.24) is 5.32 Å². The van der Waals surface area contributed by atoms with Crippen LogP contribution in [0.2, 0.25) is 0 Å². The second-order valence-corrected chi connectivity index (χ2v) is 10.5. The zero-order chi connectivity index (χ0) is 18.9. The van der Waals surface area contributed by atoms with Crippen LogP contribution in [0.15, 0.2) is 21.4 Å². The monoisotopic (exact) mass is 397 g/mol. The number of carbonyl (C=O) groups excluding carboxylic acids is 1. The van der Waals surface area contributed by atoms with Gasteiger partial charge in [-0.25, -0.2) is 13.2 Å². The van der Waals surface area contributed by atoms with E-state index in [-0.39, 0.29) is 16.5 Å². The van der Waals surface area contributed by atoms with Crippen LogP contribution >= 0.6 is 10.7 Å². The van der Waals surface area contributed by atoms with Gasteiger partial charge in [-0.2, -0.15) is 0 Å². The molecule has 26 heavy (non-hydrogen) atoms. The Labute approximate surface area is 156 Å². The predicted octanol–water partition coefficient (Wildman–Crippen LogP) is 3.66. The summed E-state index contributed by atoms with van der Waals surface area (Å²) in [7, 11) is 1.51. The molecule has 0 spiro atoms. The Hall–Kier alpha value is -1.57. The van der Waals surface area contributed by atoms with Crippen molar-refractivity contribution in [1.29, 1.82) is 0 Å². The molecule has 6 nitrogen and oxygen atoms in total. The Balaban J connectivity index is 1.97. The van der Waals surface area contributed by atoms with Crippen LogP contribution in [-0.2, 0) is 20.2 Å². The first-order chi connectivity index (χ1) is 12.0. The number of hydrogen-bond acceptors (Lipinski definition) is 6. The summed E-state index contributed by atoms with van der Waals surface area (Å²) in [4.78, 5) is 12.7. The van der Waals surface area contributed by atoms with Crippen molar-refractivity contribution in [2.75, 3.05) is 0 Å². The fraction of sp³-hybridized carbons (Fsp3) is 0.500. The second-order valence-electron chi connectivity index (χ2n) is 7.92. The first-order valence-corrected chi connectivity index (χ1v) is 10.9. The van der Waals surface area contributed by atoms with Gasteiger partial charge >= 0.3 is 5.97 Å². The van der Waals surface area contributed by atoms with Crippen LogP contribution in [0.5, 0.6) is 0 Å². The Kier molecular flexibility index (Phi) is 3.92. The molecule has 0 saturated carbocycles. The molecule has 1 aromatic heterocycles. The third-order valence-corrected chi connectivity index (χ3v) is 6.13. The number of rotatable bonds is 2. The number of ether oxygens (including phenoxy) is 1. The van der Waals surface area contributed by atoms with Gasteiger partial charge in [0.25, 0.3) is 9.05 Å². The summed E-state index contributed by atoms with van der Waals surface area (Å²) in [6, 6.07) is 3.13. The van der Waals surface area contributed by atoms with Crippen LogP contribution < -0.4 is 5.32 Å². The van der Waals surface area contributed by atoms with Crippen molar-refractivity contribution in [2.45, 2.75) is 62.6 Å². The number of furan rings is 1. The van der Waals surface area contributed by atoms with E-state index in [1.807, 2.05) is 0 Å². The lowest BCUT2D eigenvalue weighted by Crippen LogP contribution is -2.31. The van der Waals surface area contributed by atoms with Crippen molar-refractivity contribution in [2.24, 2.45) is 0 Å². The van der Waals surface area contributed by atoms with E-state index in [2.05, 4.69) is 5.32 Å². The molecule has 0 radical (unpaired) electrons. The van der Waals surface area contributed by atoms with E-state index in [1.165, 1.54) is 12.1 Å². The molecule has 2 aromatic rings. The van der Waals surface area contributed by atoms with Gasteiger partial charge in [-0.15, -0.1) is 0 Å². The first-order valence-electron chi connectivity index (χ1n) is 8.56. The summed E-state index contributed by atoms with van der Waals surface area (Å²) in [5, 5.41) is 4.15. The lowest BCUT2D eigenvalue weighted by Gasteiger charge is -2.22. The molecule has 1 saturated heterocycles. The maximum atomic E-state index is 12.8. The molecule has 2 atom stereocenters. The molecule has 3 heterocycles. The number of carbonyl (C=O) groups is 1. The number of nitrogens with one attached hydrogen (secondary N) is 1. The maximum absolute atomic E-state index is 12.8. The molecule has 1 aromatic carbocycles. The van der Waals surface area contributed by atoms with Crippen LogP contribution in [0.4, 0.5) is 0 Å². The minimum Gasteiger partial charge on any atom is -0.461 e. The Morgan fingerprint density at radius 1 is 1.31 bits per heavy atom. The van der Waals surface area contributed by atoms with Crippen LogP contribution in [0.1, 0.15) is 61.3 Å². The minimum absolute atomic E-state index is 0.102. The minimum atomic E-state index is -4.02. The predicted molar refractivity (Wildman–Crippen MR) is 97.0 cm³/mol. The van der Waals surface area contributed by atoms with Gasteiger partial charge in [0.2, 0.25) is 0 Å². The van der Waals surface area contributed by atoms with Crippen molar-refractivity contribution in [3.8, 4) is 0 Å². The molecule has 4 rings (SSSR count). The molecule has 2 unspecified atom stereocenters. The molecule has 0 amide bonds. The topological polar surface area (TPSA) is 85.6 Å². The quantitative estimate of drug-likeness (QED) is 0.614. The SMILES string of the molecule is CC(C)(C)OC(=O)c1cc(S(=O)(=O)Cl)cc2oc3c(c12)C1CCC(C3)N1. The molecular formula is C18H20ClNO5S. The van der Waals surface area contributed by atoms with Crippen LogP contribution in [-0.4, -0.2) is 26.0 Å². The summed E-state index contributed by atoms with van der Waals surface area (Å²) >= 11 is 0. The van der Waals surface area contributed by atoms with Crippen molar-refractivity contribution in [3.05, 3.63) is 29.0 Å². The van der Waals surface area contributed by atoms with E-state index in [9.17, 15) is 13.2 Å². The molecule has 1 fully saturated rings. The highest BCUT2D eigenvalue weighted by Gasteiger charge is 2.38. The summed E-state index contributed by atoms with van der Waals surface area (Å²) in [5.41, 5.74) is 0.758. The molecule has 140 valence electrons. The standard InChI is InChI=1S/C18H20ClNO5S/c1-18(2,3)25-17(21)11-7-10(26(19,22)23)8-14-15(11)16-12-5-4-9(20-12)6-13(16)24-14/h7-9,12,20H,4-6H2,1-3H3. The highest BCUT2D eigenvalue weighted by atomic mass is 35.7. The van der Waals surface area contributed by atoms with Crippen LogP contribution in [0.25, 0.3) is 11.0 Å². The van der Waals surface area contributed by atoms with Crippen molar-refractivity contribution < 1.29 is 22.4 Å². The van der Waals surface area contributed by atoms with Gasteiger partial charge in [0, 0.05) is 46.2 Å². The normalized spacial score (nSPS) is 22.5. The maximum Gasteiger partial charge on any atom is 0.339 e. The fourth-order valence-electron chi connectivity index (χ4n) is 3.86. The number of halogens is 1. The van der Waals surface area contributed by atoms with E-state index >= 15 is 0 Å². The van der Waals surface area contributed by atoms with E-state index in [4.69, 9.17) is 19.8 Å². The number of esters is 1. The van der Waals surface area contributed by atoms with Gasteiger partial charge in [0.05, 0.1) is 10.5 Å². The van der Waals surface area contributed by atoms with Crippen LogP contribution in [0, 0.1) is 0 Å². The Morgan fingerprint density at radius 2 is 2.04 bits per heavy atom. The summed E-state index contributed by atoms with van der Waals surface area (Å²) in [5.74, 6) is 0.216. The smallest absolute Gasteiger partial charge is 0.339 e. The van der Waals surface area contributed by atoms with E-state index in [1.54, 1.807) is 20.8 Å². The summed E-state index contributed by atoms with van der Waals surface area (Å²) in [6.45, 7) is 5.29. The van der Waals surface area contributed by atoms with Gasteiger partial charge < -0.3 is 14.5 Å².